The first-order chi connectivity index (χ1) is 20.9. The van der Waals surface area contributed by atoms with E-state index in [2.05, 4.69) is 10.4 Å². The van der Waals surface area contributed by atoms with Crippen molar-refractivity contribution in [3.05, 3.63) is 77.4 Å². The Balaban J connectivity index is 1.42. The zero-order valence-electron chi connectivity index (χ0n) is 25.2. The standard InChI is InChI=1S/C33H42N6O4/c1-24-34-32-27(23-25-11-4-3-5-12-25)35-33(42)28-14-8-9-20-38(28)31(41)16-10-19-37(21-22-39(32)36-24)30(40)18-17-26-13-6-7-15-29(26)43-2/h3-7,11-13,15,27-28H,8-10,14,16-23H2,1-2H3,(H,35,42)/t27-,28+/m1/s1. The van der Waals surface area contributed by atoms with Gasteiger partial charge in [-0.2, -0.15) is 5.10 Å². The van der Waals surface area contributed by atoms with E-state index in [1.54, 1.807) is 12.0 Å². The van der Waals surface area contributed by atoms with Crippen LogP contribution in [0.2, 0.25) is 0 Å². The minimum absolute atomic E-state index is 0.0221. The van der Waals surface area contributed by atoms with Crippen LogP contribution >= 0.6 is 0 Å². The van der Waals surface area contributed by atoms with Gasteiger partial charge in [0.1, 0.15) is 23.4 Å². The van der Waals surface area contributed by atoms with Crippen LogP contribution in [-0.2, 0) is 33.8 Å². The summed E-state index contributed by atoms with van der Waals surface area (Å²) in [6.45, 7) is 3.72. The van der Waals surface area contributed by atoms with Crippen molar-refractivity contribution in [2.45, 2.75) is 76.9 Å². The average molecular weight is 587 g/mol. The highest BCUT2D eigenvalue weighted by molar-refractivity contribution is 5.88. The number of ether oxygens (including phenoxy) is 1. The van der Waals surface area contributed by atoms with Crippen LogP contribution in [0, 0.1) is 6.92 Å². The van der Waals surface area contributed by atoms with E-state index in [-0.39, 0.29) is 17.7 Å². The molecule has 228 valence electrons. The van der Waals surface area contributed by atoms with Crippen LogP contribution in [0.25, 0.3) is 0 Å². The molecule has 0 bridgehead atoms. The summed E-state index contributed by atoms with van der Waals surface area (Å²) in [5, 5.41) is 7.92. The molecule has 3 heterocycles. The van der Waals surface area contributed by atoms with Crippen molar-refractivity contribution in [3.63, 3.8) is 0 Å². The quantitative estimate of drug-likeness (QED) is 0.473. The number of carbonyl (C=O) groups is 3. The number of nitrogens with one attached hydrogen (secondary N) is 1. The third-order valence-electron chi connectivity index (χ3n) is 8.40. The van der Waals surface area contributed by atoms with Crippen molar-refractivity contribution >= 4 is 17.7 Å². The van der Waals surface area contributed by atoms with Gasteiger partial charge in [0.15, 0.2) is 0 Å². The molecular formula is C33H42N6O4. The number of aryl methyl sites for hydroxylation is 2. The summed E-state index contributed by atoms with van der Waals surface area (Å²) in [4.78, 5) is 49.0. The number of aromatic nitrogens is 3. The lowest BCUT2D eigenvalue weighted by Gasteiger charge is -2.36. The molecule has 10 nitrogen and oxygen atoms in total. The molecule has 0 spiro atoms. The molecule has 0 aliphatic carbocycles. The number of hydrogen-bond acceptors (Lipinski definition) is 6. The second-order valence-corrected chi connectivity index (χ2v) is 11.4. The van der Waals surface area contributed by atoms with Gasteiger partial charge < -0.3 is 19.9 Å². The highest BCUT2D eigenvalue weighted by atomic mass is 16.5. The Morgan fingerprint density at radius 2 is 1.77 bits per heavy atom. The van der Waals surface area contributed by atoms with Crippen LogP contribution in [0.5, 0.6) is 5.75 Å². The topological polar surface area (TPSA) is 110 Å². The second kappa shape index (κ2) is 14.3. The third kappa shape index (κ3) is 7.60. The van der Waals surface area contributed by atoms with Gasteiger partial charge in [0, 0.05) is 32.5 Å². The van der Waals surface area contributed by atoms with Gasteiger partial charge in [0.2, 0.25) is 17.7 Å². The van der Waals surface area contributed by atoms with Crippen molar-refractivity contribution in [2.75, 3.05) is 26.7 Å². The Kier molecular flexibility index (Phi) is 10.1. The highest BCUT2D eigenvalue weighted by Crippen LogP contribution is 2.24. The summed E-state index contributed by atoms with van der Waals surface area (Å²) in [5.41, 5.74) is 2.05. The molecule has 5 rings (SSSR count). The number of carbonyl (C=O) groups excluding carboxylic acids is 3. The predicted octanol–water partition coefficient (Wildman–Crippen LogP) is 3.63. The molecular weight excluding hydrogens is 544 g/mol. The van der Waals surface area contributed by atoms with Gasteiger partial charge in [-0.05, 0) is 62.6 Å². The molecule has 0 saturated carbocycles. The van der Waals surface area contributed by atoms with Gasteiger partial charge in [0.05, 0.1) is 19.7 Å². The van der Waals surface area contributed by atoms with E-state index in [9.17, 15) is 14.4 Å². The largest absolute Gasteiger partial charge is 0.496 e. The SMILES string of the molecule is COc1ccccc1CCC(=O)N1CCCC(=O)N2CCCC[C@H]2C(=O)N[C@H](Cc2ccccc2)c2nc(C)nn2CC1. The number of fused-ring (bicyclic) bond motifs is 2. The molecule has 0 unspecified atom stereocenters. The normalized spacial score (nSPS) is 20.0. The summed E-state index contributed by atoms with van der Waals surface area (Å²) >= 11 is 0. The predicted molar refractivity (Wildman–Crippen MR) is 162 cm³/mol. The summed E-state index contributed by atoms with van der Waals surface area (Å²) in [6, 6.07) is 16.8. The molecule has 1 N–H and O–H groups in total. The number of rotatable bonds is 6. The lowest BCUT2D eigenvalue weighted by atomic mass is 9.99. The fourth-order valence-corrected chi connectivity index (χ4v) is 6.17. The third-order valence-corrected chi connectivity index (χ3v) is 8.40. The summed E-state index contributed by atoms with van der Waals surface area (Å²) in [5.74, 6) is 1.88. The highest BCUT2D eigenvalue weighted by Gasteiger charge is 2.34. The summed E-state index contributed by atoms with van der Waals surface area (Å²) in [7, 11) is 1.64. The van der Waals surface area contributed by atoms with Crippen LogP contribution in [0.4, 0.5) is 0 Å². The minimum Gasteiger partial charge on any atom is -0.496 e. The van der Waals surface area contributed by atoms with E-state index >= 15 is 0 Å². The van der Waals surface area contributed by atoms with Crippen LogP contribution in [0.3, 0.4) is 0 Å². The fraction of sp³-hybridized carbons (Fsp3) is 0.485. The first-order valence-electron chi connectivity index (χ1n) is 15.4. The van der Waals surface area contributed by atoms with Gasteiger partial charge in [-0.15, -0.1) is 0 Å². The van der Waals surface area contributed by atoms with Gasteiger partial charge in [0.25, 0.3) is 0 Å². The van der Waals surface area contributed by atoms with Gasteiger partial charge in [-0.25, -0.2) is 9.67 Å². The van der Waals surface area contributed by atoms with Crippen molar-refractivity contribution in [3.8, 4) is 5.75 Å². The van der Waals surface area contributed by atoms with Crippen LogP contribution < -0.4 is 10.1 Å². The molecule has 0 radical (unpaired) electrons. The number of piperidine rings is 1. The number of benzene rings is 2. The minimum atomic E-state index is -0.515. The van der Waals surface area contributed by atoms with Crippen LogP contribution in [-0.4, -0.2) is 75.1 Å². The molecule has 1 fully saturated rings. The average Bonchev–Trinajstić information content (AvgIpc) is 3.41. The zero-order chi connectivity index (χ0) is 30.2. The molecule has 10 heteroatoms. The van der Waals surface area contributed by atoms with E-state index < -0.39 is 12.1 Å². The maximum atomic E-state index is 13.7. The van der Waals surface area contributed by atoms with Gasteiger partial charge >= 0.3 is 0 Å². The van der Waals surface area contributed by atoms with E-state index in [1.165, 1.54) is 0 Å². The van der Waals surface area contributed by atoms with Crippen LogP contribution in [0.1, 0.15) is 67.3 Å². The lowest BCUT2D eigenvalue weighted by Crippen LogP contribution is -2.53. The first kappa shape index (κ1) is 30.3. The molecule has 1 saturated heterocycles. The number of methoxy groups -OCH3 is 1. The molecule has 43 heavy (non-hydrogen) atoms. The Morgan fingerprint density at radius 1 is 0.977 bits per heavy atom. The van der Waals surface area contributed by atoms with E-state index in [0.29, 0.717) is 76.4 Å². The monoisotopic (exact) mass is 586 g/mol. The first-order valence-corrected chi connectivity index (χ1v) is 15.4. The van der Waals surface area contributed by atoms with Crippen molar-refractivity contribution in [1.29, 1.82) is 0 Å². The van der Waals surface area contributed by atoms with Crippen molar-refractivity contribution < 1.29 is 19.1 Å². The van der Waals surface area contributed by atoms with Crippen molar-refractivity contribution in [2.24, 2.45) is 0 Å². The van der Waals surface area contributed by atoms with E-state index in [4.69, 9.17) is 9.72 Å². The van der Waals surface area contributed by atoms with Crippen molar-refractivity contribution in [1.82, 2.24) is 29.9 Å². The second-order valence-electron chi connectivity index (χ2n) is 11.4. The van der Waals surface area contributed by atoms with Crippen LogP contribution in [0.15, 0.2) is 54.6 Å². The Morgan fingerprint density at radius 3 is 2.58 bits per heavy atom. The molecule has 1 aromatic heterocycles. The van der Waals surface area contributed by atoms with Gasteiger partial charge in [-0.1, -0.05) is 48.5 Å². The molecule has 3 aromatic rings. The number of para-hydroxylation sites is 1. The molecule has 2 aliphatic rings. The summed E-state index contributed by atoms with van der Waals surface area (Å²) in [6.07, 6.45) is 4.66. The Labute approximate surface area is 253 Å². The lowest BCUT2D eigenvalue weighted by molar-refractivity contribution is -0.143. The zero-order valence-corrected chi connectivity index (χ0v) is 25.2. The Hall–Kier alpha value is -4.21. The molecule has 3 amide bonds. The summed E-state index contributed by atoms with van der Waals surface area (Å²) < 4.78 is 7.31. The maximum Gasteiger partial charge on any atom is 0.243 e. The number of nitrogens with zero attached hydrogens (tertiary/aromatic N) is 5. The number of hydrogen-bond donors (Lipinski definition) is 1. The smallest absolute Gasteiger partial charge is 0.243 e. The van der Waals surface area contributed by atoms with Gasteiger partial charge in [-0.3, -0.25) is 14.4 Å². The molecule has 2 aromatic carbocycles. The van der Waals surface area contributed by atoms with E-state index in [1.807, 2.05) is 71.1 Å². The Bertz CT molecular complexity index is 1410. The molecule has 2 aliphatic heterocycles. The maximum absolute atomic E-state index is 13.7. The van der Waals surface area contributed by atoms with E-state index in [0.717, 1.165) is 29.7 Å². The molecule has 2 atom stereocenters. The fourth-order valence-electron chi connectivity index (χ4n) is 6.17. The number of amides is 3.